The van der Waals surface area contributed by atoms with Crippen molar-refractivity contribution in [2.45, 2.75) is 32.3 Å². The molecule has 1 amide bonds. The Hall–Kier alpha value is -1.55. The highest BCUT2D eigenvalue weighted by Gasteiger charge is 2.29. The van der Waals surface area contributed by atoms with Crippen molar-refractivity contribution in [2.75, 3.05) is 11.9 Å². The fraction of sp³-hybridized carbons (Fsp3) is 0.462. The molecule has 2 rings (SSSR count). The number of carbonyl (C=O) groups is 1. The van der Waals surface area contributed by atoms with Crippen LogP contribution >= 0.6 is 0 Å². The molecular formula is C13H18N2O2. The Morgan fingerprint density at radius 3 is 2.82 bits per heavy atom. The van der Waals surface area contributed by atoms with Crippen LogP contribution in [0.25, 0.3) is 0 Å². The molecule has 0 saturated carbocycles. The third-order valence-electron chi connectivity index (χ3n) is 2.61. The number of carbonyl (C=O) groups excluding carboxylic acids is 1. The number of benzene rings is 1. The number of anilines is 1. The van der Waals surface area contributed by atoms with Crippen LogP contribution in [0.3, 0.4) is 0 Å². The standard InChI is InChI=1S/C13H18N2O2/c1-13(2,3)17-15-12(16)10-8-14-11-7-5-4-6-9(10)11/h4-7,10,14H,8H2,1-3H3,(H,15,16). The maximum absolute atomic E-state index is 12.0. The van der Waals surface area contributed by atoms with E-state index in [-0.39, 0.29) is 17.4 Å². The first kappa shape index (κ1) is 11.9. The van der Waals surface area contributed by atoms with Crippen LogP contribution in [0.15, 0.2) is 24.3 Å². The van der Waals surface area contributed by atoms with Crippen molar-refractivity contribution < 1.29 is 9.63 Å². The molecule has 0 fully saturated rings. The Labute approximate surface area is 101 Å². The summed E-state index contributed by atoms with van der Waals surface area (Å²) < 4.78 is 0. The van der Waals surface area contributed by atoms with E-state index >= 15 is 0 Å². The second kappa shape index (κ2) is 4.37. The highest BCUT2D eigenvalue weighted by Crippen LogP contribution is 2.31. The van der Waals surface area contributed by atoms with Crippen LogP contribution in [0.4, 0.5) is 5.69 Å². The van der Waals surface area contributed by atoms with E-state index in [1.54, 1.807) is 0 Å². The van der Waals surface area contributed by atoms with Crippen LogP contribution in [0.1, 0.15) is 32.3 Å². The summed E-state index contributed by atoms with van der Waals surface area (Å²) in [6.07, 6.45) is 0. The zero-order valence-corrected chi connectivity index (χ0v) is 10.4. The molecule has 1 atom stereocenters. The van der Waals surface area contributed by atoms with Gasteiger partial charge in [0.1, 0.15) is 0 Å². The van der Waals surface area contributed by atoms with Gasteiger partial charge in [0.15, 0.2) is 0 Å². The van der Waals surface area contributed by atoms with Gasteiger partial charge in [0, 0.05) is 12.2 Å². The molecule has 0 bridgehead atoms. The molecule has 0 saturated heterocycles. The summed E-state index contributed by atoms with van der Waals surface area (Å²) in [5.74, 6) is -0.272. The van der Waals surface area contributed by atoms with E-state index in [9.17, 15) is 4.79 Å². The molecule has 92 valence electrons. The summed E-state index contributed by atoms with van der Waals surface area (Å²) in [6.45, 7) is 6.31. The summed E-state index contributed by atoms with van der Waals surface area (Å²) in [5.41, 5.74) is 4.21. The zero-order valence-electron chi connectivity index (χ0n) is 10.4. The van der Waals surface area contributed by atoms with Crippen LogP contribution in [0, 0.1) is 0 Å². The first-order valence-electron chi connectivity index (χ1n) is 5.78. The van der Waals surface area contributed by atoms with Crippen molar-refractivity contribution in [2.24, 2.45) is 0 Å². The second-order valence-corrected chi connectivity index (χ2v) is 5.20. The van der Waals surface area contributed by atoms with Gasteiger partial charge in [0.05, 0.1) is 11.5 Å². The van der Waals surface area contributed by atoms with E-state index in [1.165, 1.54) is 0 Å². The van der Waals surface area contributed by atoms with Gasteiger partial charge in [-0.05, 0) is 32.4 Å². The van der Waals surface area contributed by atoms with Gasteiger partial charge in [-0.25, -0.2) is 5.48 Å². The van der Waals surface area contributed by atoms with Crippen molar-refractivity contribution in [3.8, 4) is 0 Å². The van der Waals surface area contributed by atoms with Crippen molar-refractivity contribution >= 4 is 11.6 Å². The molecule has 2 N–H and O–H groups in total. The molecule has 1 aliphatic rings. The normalized spacial score (nSPS) is 18.4. The lowest BCUT2D eigenvalue weighted by Crippen LogP contribution is -2.37. The highest BCUT2D eigenvalue weighted by atomic mass is 16.7. The van der Waals surface area contributed by atoms with Crippen LogP contribution in [0.5, 0.6) is 0 Å². The fourth-order valence-corrected chi connectivity index (χ4v) is 1.79. The second-order valence-electron chi connectivity index (χ2n) is 5.20. The number of hydrogen-bond acceptors (Lipinski definition) is 3. The maximum Gasteiger partial charge on any atom is 0.252 e. The monoisotopic (exact) mass is 234 g/mol. The van der Waals surface area contributed by atoms with Crippen LogP contribution in [-0.2, 0) is 9.63 Å². The summed E-state index contributed by atoms with van der Waals surface area (Å²) in [4.78, 5) is 17.3. The van der Waals surface area contributed by atoms with Gasteiger partial charge in [-0.15, -0.1) is 0 Å². The van der Waals surface area contributed by atoms with E-state index in [4.69, 9.17) is 4.84 Å². The predicted molar refractivity (Wildman–Crippen MR) is 66.7 cm³/mol. The van der Waals surface area contributed by atoms with Gasteiger partial charge in [-0.1, -0.05) is 18.2 Å². The number of rotatable bonds is 2. The highest BCUT2D eigenvalue weighted by molar-refractivity contribution is 5.87. The van der Waals surface area contributed by atoms with E-state index in [0.29, 0.717) is 6.54 Å². The topological polar surface area (TPSA) is 50.4 Å². The minimum atomic E-state index is -0.374. The number of amides is 1. The maximum atomic E-state index is 12.0. The smallest absolute Gasteiger partial charge is 0.252 e. The van der Waals surface area contributed by atoms with Crippen molar-refractivity contribution in [3.05, 3.63) is 29.8 Å². The molecule has 17 heavy (non-hydrogen) atoms. The van der Waals surface area contributed by atoms with Gasteiger partial charge >= 0.3 is 0 Å². The van der Waals surface area contributed by atoms with E-state index in [0.717, 1.165) is 11.3 Å². The van der Waals surface area contributed by atoms with Crippen molar-refractivity contribution in [1.82, 2.24) is 5.48 Å². The first-order chi connectivity index (χ1) is 7.97. The van der Waals surface area contributed by atoms with Crippen molar-refractivity contribution in [3.63, 3.8) is 0 Å². The largest absolute Gasteiger partial charge is 0.384 e. The summed E-state index contributed by atoms with van der Waals surface area (Å²) >= 11 is 0. The molecular weight excluding hydrogens is 216 g/mol. The molecule has 0 aliphatic carbocycles. The molecule has 4 nitrogen and oxygen atoms in total. The average Bonchev–Trinajstić information content (AvgIpc) is 2.68. The number of fused-ring (bicyclic) bond motifs is 1. The van der Waals surface area contributed by atoms with Gasteiger partial charge in [0.25, 0.3) is 5.91 Å². The lowest BCUT2D eigenvalue weighted by atomic mass is 10.0. The van der Waals surface area contributed by atoms with Gasteiger partial charge in [-0.2, -0.15) is 0 Å². The predicted octanol–water partition coefficient (Wildman–Crippen LogP) is 2.04. The summed E-state index contributed by atoms with van der Waals surface area (Å²) in [6, 6.07) is 7.85. The SMILES string of the molecule is CC(C)(C)ONC(=O)C1CNc2ccccc21. The molecule has 1 unspecified atom stereocenters. The molecule has 1 heterocycles. The zero-order chi connectivity index (χ0) is 12.5. The van der Waals surface area contributed by atoms with Crippen molar-refractivity contribution in [1.29, 1.82) is 0 Å². The van der Waals surface area contributed by atoms with Crippen LogP contribution in [0.2, 0.25) is 0 Å². The number of para-hydroxylation sites is 1. The Balaban J connectivity index is 2.03. The summed E-state index contributed by atoms with van der Waals surface area (Å²) in [5, 5.41) is 3.21. The average molecular weight is 234 g/mol. The minimum absolute atomic E-state index is 0.0997. The molecule has 4 heteroatoms. The Bertz CT molecular complexity index is 424. The molecule has 0 radical (unpaired) electrons. The quantitative estimate of drug-likeness (QED) is 0.770. The third-order valence-corrected chi connectivity index (χ3v) is 2.61. The van der Waals surface area contributed by atoms with E-state index < -0.39 is 0 Å². The van der Waals surface area contributed by atoms with Gasteiger partial charge in [0.2, 0.25) is 0 Å². The van der Waals surface area contributed by atoms with E-state index in [2.05, 4.69) is 10.8 Å². The Kier molecular flexibility index (Phi) is 3.07. The molecule has 0 aromatic heterocycles. The Morgan fingerprint density at radius 2 is 2.12 bits per heavy atom. The third kappa shape index (κ3) is 2.77. The van der Waals surface area contributed by atoms with Gasteiger partial charge in [-0.3, -0.25) is 9.63 Å². The van der Waals surface area contributed by atoms with Crippen LogP contribution < -0.4 is 10.8 Å². The fourth-order valence-electron chi connectivity index (χ4n) is 1.79. The molecule has 1 aromatic carbocycles. The van der Waals surface area contributed by atoms with E-state index in [1.807, 2.05) is 45.0 Å². The number of hydrogen-bond donors (Lipinski definition) is 2. The lowest BCUT2D eigenvalue weighted by molar-refractivity contribution is -0.146. The number of nitrogens with one attached hydrogen (secondary N) is 2. The lowest BCUT2D eigenvalue weighted by Gasteiger charge is -2.20. The molecule has 0 spiro atoms. The van der Waals surface area contributed by atoms with Gasteiger partial charge < -0.3 is 5.32 Å². The summed E-state index contributed by atoms with van der Waals surface area (Å²) in [7, 11) is 0. The van der Waals surface area contributed by atoms with Crippen LogP contribution in [-0.4, -0.2) is 18.1 Å². The molecule has 1 aliphatic heterocycles. The molecule has 1 aromatic rings. The first-order valence-corrected chi connectivity index (χ1v) is 5.78. The minimum Gasteiger partial charge on any atom is -0.384 e. The number of hydroxylamine groups is 1. The Morgan fingerprint density at radius 1 is 1.41 bits per heavy atom.